The quantitative estimate of drug-likeness (QED) is 0.317. The first kappa shape index (κ1) is 23.0. The molecule has 2 fully saturated rings. The lowest BCUT2D eigenvalue weighted by molar-refractivity contribution is -0.0790. The zero-order valence-corrected chi connectivity index (χ0v) is 17.4. The molecule has 0 spiro atoms. The van der Waals surface area contributed by atoms with E-state index in [1.807, 2.05) is 0 Å². The van der Waals surface area contributed by atoms with Gasteiger partial charge in [0.05, 0.1) is 0 Å². The summed E-state index contributed by atoms with van der Waals surface area (Å²) in [6.07, 6.45) is 9.15. The van der Waals surface area contributed by atoms with E-state index in [9.17, 15) is 22.0 Å². The van der Waals surface area contributed by atoms with Crippen molar-refractivity contribution in [2.75, 3.05) is 0 Å². The van der Waals surface area contributed by atoms with Crippen LogP contribution in [-0.4, -0.2) is 6.18 Å². The molecule has 0 atom stereocenters. The van der Waals surface area contributed by atoms with Gasteiger partial charge in [-0.2, -0.15) is 13.2 Å². The fourth-order valence-electron chi connectivity index (χ4n) is 5.29. The van der Waals surface area contributed by atoms with E-state index < -0.39 is 23.4 Å². The van der Waals surface area contributed by atoms with E-state index in [2.05, 4.69) is 12.7 Å². The standard InChI is InChI=1S/C25H31F5/c1-2-17-5-9-20(10-6-17)21-11-7-18(8-12-21)3-4-19-15-23(26)22(24(27)16-19)13-14-25(28,29)30/h2,13-18,20-21H,1,3-12H2. The third kappa shape index (κ3) is 6.42. The molecule has 0 unspecified atom stereocenters. The van der Waals surface area contributed by atoms with Crippen LogP contribution >= 0.6 is 0 Å². The van der Waals surface area contributed by atoms with E-state index in [1.54, 1.807) is 0 Å². The van der Waals surface area contributed by atoms with Crippen molar-refractivity contribution in [2.24, 2.45) is 23.7 Å². The number of halogens is 5. The smallest absolute Gasteiger partial charge is 0.206 e. The predicted octanol–water partition coefficient (Wildman–Crippen LogP) is 8.27. The van der Waals surface area contributed by atoms with Gasteiger partial charge in [-0.15, -0.1) is 6.58 Å². The van der Waals surface area contributed by atoms with Crippen molar-refractivity contribution in [3.05, 3.63) is 53.6 Å². The minimum atomic E-state index is -4.60. The summed E-state index contributed by atoms with van der Waals surface area (Å²) in [5, 5.41) is 0. The molecule has 0 amide bonds. The SMILES string of the molecule is C=CC1CCC(C2CCC(CCc3cc(F)c(C=CC(F)(F)F)c(F)c3)CC2)CC1. The predicted molar refractivity (Wildman–Crippen MR) is 111 cm³/mol. The number of benzene rings is 1. The fraction of sp³-hybridized carbons (Fsp3) is 0.600. The molecule has 3 rings (SSSR count). The van der Waals surface area contributed by atoms with Gasteiger partial charge in [0.15, 0.2) is 0 Å². The van der Waals surface area contributed by atoms with Crippen molar-refractivity contribution in [2.45, 2.75) is 70.4 Å². The van der Waals surface area contributed by atoms with Crippen LogP contribution in [0.4, 0.5) is 22.0 Å². The van der Waals surface area contributed by atoms with Gasteiger partial charge in [0.2, 0.25) is 0 Å². The first-order valence-electron chi connectivity index (χ1n) is 11.1. The number of aryl methyl sites for hydroxylation is 1. The van der Waals surface area contributed by atoms with Crippen molar-refractivity contribution in [1.82, 2.24) is 0 Å². The van der Waals surface area contributed by atoms with E-state index in [0.717, 1.165) is 31.1 Å². The van der Waals surface area contributed by atoms with Gasteiger partial charge < -0.3 is 0 Å². The normalized spacial score (nSPS) is 28.0. The van der Waals surface area contributed by atoms with E-state index in [4.69, 9.17) is 0 Å². The molecule has 0 aliphatic heterocycles. The summed E-state index contributed by atoms with van der Waals surface area (Å²) in [5.41, 5.74) is -0.123. The largest absolute Gasteiger partial charge is 0.409 e. The molecule has 5 heteroatoms. The Morgan fingerprint density at radius 2 is 1.40 bits per heavy atom. The summed E-state index contributed by atoms with van der Waals surface area (Å²) in [7, 11) is 0. The molecule has 0 saturated heterocycles. The Kier molecular flexibility index (Phi) is 7.75. The van der Waals surface area contributed by atoms with E-state index in [1.165, 1.54) is 50.7 Å². The number of hydrogen-bond acceptors (Lipinski definition) is 0. The number of allylic oxidation sites excluding steroid dienone is 2. The highest BCUT2D eigenvalue weighted by molar-refractivity contribution is 5.52. The molecule has 0 bridgehead atoms. The molecule has 0 heterocycles. The van der Waals surface area contributed by atoms with Gasteiger partial charge >= 0.3 is 6.18 Å². The molecule has 2 aliphatic rings. The lowest BCUT2D eigenvalue weighted by Crippen LogP contribution is -2.25. The first-order valence-corrected chi connectivity index (χ1v) is 11.1. The Labute approximate surface area is 176 Å². The highest BCUT2D eigenvalue weighted by Gasteiger charge is 2.30. The molecule has 2 saturated carbocycles. The second kappa shape index (κ2) is 10.1. The summed E-state index contributed by atoms with van der Waals surface area (Å²) >= 11 is 0. The average molecular weight is 427 g/mol. The zero-order valence-electron chi connectivity index (χ0n) is 17.4. The molecule has 0 aromatic heterocycles. The third-order valence-electron chi connectivity index (χ3n) is 7.13. The summed E-state index contributed by atoms with van der Waals surface area (Å²) in [6.45, 7) is 3.92. The van der Waals surface area contributed by atoms with Crippen LogP contribution in [0.5, 0.6) is 0 Å². The zero-order chi connectivity index (χ0) is 21.7. The van der Waals surface area contributed by atoms with Crippen LogP contribution < -0.4 is 0 Å². The first-order chi connectivity index (χ1) is 14.2. The Morgan fingerprint density at radius 1 is 0.867 bits per heavy atom. The number of rotatable bonds is 6. The fourth-order valence-corrected chi connectivity index (χ4v) is 5.29. The van der Waals surface area contributed by atoms with E-state index >= 15 is 0 Å². The highest BCUT2D eigenvalue weighted by atomic mass is 19.4. The monoisotopic (exact) mass is 426 g/mol. The lowest BCUT2D eigenvalue weighted by atomic mass is 9.68. The van der Waals surface area contributed by atoms with Crippen LogP contribution in [-0.2, 0) is 6.42 Å². The maximum Gasteiger partial charge on any atom is 0.409 e. The van der Waals surface area contributed by atoms with Crippen LogP contribution in [0.3, 0.4) is 0 Å². The maximum atomic E-state index is 14.1. The van der Waals surface area contributed by atoms with Crippen LogP contribution in [0, 0.1) is 35.3 Å². The summed E-state index contributed by atoms with van der Waals surface area (Å²) in [4.78, 5) is 0. The van der Waals surface area contributed by atoms with E-state index in [-0.39, 0.29) is 6.08 Å². The van der Waals surface area contributed by atoms with Crippen molar-refractivity contribution in [3.8, 4) is 0 Å². The Bertz CT molecular complexity index is 709. The van der Waals surface area contributed by atoms with E-state index in [0.29, 0.717) is 29.9 Å². The van der Waals surface area contributed by atoms with Gasteiger partial charge in [-0.3, -0.25) is 0 Å². The molecule has 0 nitrogen and oxygen atoms in total. The van der Waals surface area contributed by atoms with Gasteiger partial charge in [-0.05, 0) is 98.8 Å². The Morgan fingerprint density at radius 3 is 1.90 bits per heavy atom. The van der Waals surface area contributed by atoms with Gasteiger partial charge in [-0.1, -0.05) is 18.9 Å². The topological polar surface area (TPSA) is 0 Å². The summed E-state index contributed by atoms with van der Waals surface area (Å²) in [5.74, 6) is 1.01. The summed E-state index contributed by atoms with van der Waals surface area (Å²) in [6, 6.07) is 2.34. The maximum absolute atomic E-state index is 14.1. The number of hydrogen-bond donors (Lipinski definition) is 0. The van der Waals surface area contributed by atoms with Crippen molar-refractivity contribution < 1.29 is 22.0 Å². The van der Waals surface area contributed by atoms with Crippen molar-refractivity contribution >= 4 is 6.08 Å². The second-order valence-corrected chi connectivity index (χ2v) is 9.08. The highest BCUT2D eigenvalue weighted by Crippen LogP contribution is 2.42. The average Bonchev–Trinajstić information content (AvgIpc) is 2.71. The third-order valence-corrected chi connectivity index (χ3v) is 7.13. The molecule has 166 valence electrons. The van der Waals surface area contributed by atoms with Crippen LogP contribution in [0.15, 0.2) is 30.9 Å². The van der Waals surface area contributed by atoms with Gasteiger partial charge in [0.1, 0.15) is 11.6 Å². The Balaban J connectivity index is 1.47. The molecule has 0 radical (unpaired) electrons. The minimum absolute atomic E-state index is 0.142. The second-order valence-electron chi connectivity index (χ2n) is 9.08. The minimum Gasteiger partial charge on any atom is -0.206 e. The molecular weight excluding hydrogens is 395 g/mol. The lowest BCUT2D eigenvalue weighted by Gasteiger charge is -2.37. The Hall–Kier alpha value is -1.65. The van der Waals surface area contributed by atoms with Gasteiger partial charge in [-0.25, -0.2) is 8.78 Å². The molecule has 30 heavy (non-hydrogen) atoms. The number of alkyl halides is 3. The molecule has 1 aromatic carbocycles. The summed E-state index contributed by atoms with van der Waals surface area (Å²) < 4.78 is 65.0. The molecule has 2 aliphatic carbocycles. The van der Waals surface area contributed by atoms with Crippen molar-refractivity contribution in [1.29, 1.82) is 0 Å². The van der Waals surface area contributed by atoms with Crippen LogP contribution in [0.2, 0.25) is 0 Å². The van der Waals surface area contributed by atoms with Gasteiger partial charge in [0, 0.05) is 11.6 Å². The molecule has 0 N–H and O–H groups in total. The van der Waals surface area contributed by atoms with Crippen LogP contribution in [0.25, 0.3) is 6.08 Å². The van der Waals surface area contributed by atoms with Crippen LogP contribution in [0.1, 0.15) is 68.9 Å². The van der Waals surface area contributed by atoms with Crippen molar-refractivity contribution in [3.63, 3.8) is 0 Å². The molecule has 1 aromatic rings. The van der Waals surface area contributed by atoms with Gasteiger partial charge in [0.25, 0.3) is 0 Å². The molecular formula is C25H31F5.